The SMILES string of the molecule is COc1cc(C(C)C)ccc1CN(C)CCC(C)=O. The van der Waals surface area contributed by atoms with Gasteiger partial charge in [-0.3, -0.25) is 4.79 Å². The fraction of sp³-hybridized carbons (Fsp3) is 0.562. The summed E-state index contributed by atoms with van der Waals surface area (Å²) in [5.41, 5.74) is 2.45. The number of ether oxygens (including phenoxy) is 1. The number of Topliss-reactive ketones (excluding diaryl/α,β-unsaturated/α-hetero) is 1. The van der Waals surface area contributed by atoms with Crippen LogP contribution in [0.25, 0.3) is 0 Å². The largest absolute Gasteiger partial charge is 0.496 e. The number of nitrogens with zero attached hydrogens (tertiary/aromatic N) is 1. The molecule has 0 unspecified atom stereocenters. The minimum atomic E-state index is 0.231. The minimum Gasteiger partial charge on any atom is -0.496 e. The maximum atomic E-state index is 11.0. The first-order valence-electron chi connectivity index (χ1n) is 6.78. The number of hydrogen-bond acceptors (Lipinski definition) is 3. The van der Waals surface area contributed by atoms with Gasteiger partial charge in [0.05, 0.1) is 7.11 Å². The molecule has 0 atom stereocenters. The summed E-state index contributed by atoms with van der Waals surface area (Å²) < 4.78 is 5.47. The highest BCUT2D eigenvalue weighted by molar-refractivity contribution is 5.75. The van der Waals surface area contributed by atoms with E-state index in [1.807, 2.05) is 7.05 Å². The molecule has 1 rings (SSSR count). The molecule has 0 heterocycles. The number of ketones is 1. The molecule has 0 radical (unpaired) electrons. The van der Waals surface area contributed by atoms with Gasteiger partial charge < -0.3 is 9.64 Å². The molecule has 0 aliphatic heterocycles. The van der Waals surface area contributed by atoms with Gasteiger partial charge in [-0.15, -0.1) is 0 Å². The van der Waals surface area contributed by atoms with Crippen molar-refractivity contribution < 1.29 is 9.53 Å². The van der Waals surface area contributed by atoms with Gasteiger partial charge in [-0.25, -0.2) is 0 Å². The molecule has 0 aliphatic carbocycles. The molecule has 1 aromatic rings. The summed E-state index contributed by atoms with van der Waals surface area (Å²) in [4.78, 5) is 13.1. The van der Waals surface area contributed by atoms with Crippen molar-refractivity contribution in [1.82, 2.24) is 4.90 Å². The third-order valence-corrected chi connectivity index (χ3v) is 3.26. The van der Waals surface area contributed by atoms with E-state index in [0.29, 0.717) is 12.3 Å². The van der Waals surface area contributed by atoms with Crippen LogP contribution in [-0.2, 0) is 11.3 Å². The van der Waals surface area contributed by atoms with Crippen LogP contribution < -0.4 is 4.74 Å². The molecule has 0 aromatic heterocycles. The first kappa shape index (κ1) is 15.7. The Balaban J connectivity index is 2.74. The van der Waals surface area contributed by atoms with Crippen molar-refractivity contribution in [2.24, 2.45) is 0 Å². The van der Waals surface area contributed by atoms with Crippen molar-refractivity contribution in [3.63, 3.8) is 0 Å². The van der Waals surface area contributed by atoms with Crippen LogP contribution in [0.1, 0.15) is 44.2 Å². The average molecular weight is 263 g/mol. The molecule has 1 aromatic carbocycles. The zero-order chi connectivity index (χ0) is 14.4. The minimum absolute atomic E-state index is 0.231. The summed E-state index contributed by atoms with van der Waals surface area (Å²) in [6.45, 7) is 7.56. The summed E-state index contributed by atoms with van der Waals surface area (Å²) in [5, 5.41) is 0. The Kier molecular flexibility index (Phi) is 6.03. The second kappa shape index (κ2) is 7.29. The van der Waals surface area contributed by atoms with E-state index in [1.165, 1.54) is 5.56 Å². The number of rotatable bonds is 7. The van der Waals surface area contributed by atoms with Crippen LogP contribution in [0, 0.1) is 0 Å². The maximum absolute atomic E-state index is 11.0. The van der Waals surface area contributed by atoms with Crippen LogP contribution in [0.2, 0.25) is 0 Å². The summed E-state index contributed by atoms with van der Waals surface area (Å²) in [7, 11) is 3.73. The Morgan fingerprint density at radius 2 is 2.05 bits per heavy atom. The first-order chi connectivity index (χ1) is 8.93. The number of carbonyl (C=O) groups excluding carboxylic acids is 1. The van der Waals surface area contributed by atoms with Gasteiger partial charge in [-0.1, -0.05) is 26.0 Å². The van der Waals surface area contributed by atoms with Crippen LogP contribution in [0.3, 0.4) is 0 Å². The molecule has 0 fully saturated rings. The lowest BCUT2D eigenvalue weighted by Crippen LogP contribution is -2.21. The quantitative estimate of drug-likeness (QED) is 0.756. The van der Waals surface area contributed by atoms with Gasteiger partial charge in [-0.05, 0) is 31.5 Å². The summed E-state index contributed by atoms with van der Waals surface area (Å²) >= 11 is 0. The Bertz CT molecular complexity index is 427. The van der Waals surface area contributed by atoms with Crippen molar-refractivity contribution in [3.8, 4) is 5.75 Å². The van der Waals surface area contributed by atoms with E-state index in [4.69, 9.17) is 4.74 Å². The summed E-state index contributed by atoms with van der Waals surface area (Å²) in [5.74, 6) is 1.66. The van der Waals surface area contributed by atoms with Gasteiger partial charge in [-0.2, -0.15) is 0 Å². The Labute approximate surface area is 116 Å². The molecule has 0 saturated carbocycles. The van der Waals surface area contributed by atoms with E-state index in [2.05, 4.69) is 36.9 Å². The van der Waals surface area contributed by atoms with E-state index in [0.717, 1.165) is 24.4 Å². The summed E-state index contributed by atoms with van der Waals surface area (Å²) in [6, 6.07) is 6.39. The normalized spacial score (nSPS) is 11.1. The molecule has 3 heteroatoms. The molecular formula is C16H25NO2. The van der Waals surface area contributed by atoms with Crippen molar-refractivity contribution in [2.45, 2.75) is 39.7 Å². The van der Waals surface area contributed by atoms with Gasteiger partial charge >= 0.3 is 0 Å². The zero-order valence-corrected chi connectivity index (χ0v) is 12.7. The number of benzene rings is 1. The van der Waals surface area contributed by atoms with E-state index in [1.54, 1.807) is 14.0 Å². The predicted molar refractivity (Wildman–Crippen MR) is 78.7 cm³/mol. The fourth-order valence-electron chi connectivity index (χ4n) is 1.97. The fourth-order valence-corrected chi connectivity index (χ4v) is 1.97. The van der Waals surface area contributed by atoms with Crippen LogP contribution in [0.5, 0.6) is 5.75 Å². The third kappa shape index (κ3) is 5.03. The Morgan fingerprint density at radius 3 is 2.58 bits per heavy atom. The smallest absolute Gasteiger partial charge is 0.131 e. The molecule has 0 bridgehead atoms. The topological polar surface area (TPSA) is 29.5 Å². The van der Waals surface area contributed by atoms with Crippen molar-refractivity contribution in [3.05, 3.63) is 29.3 Å². The molecular weight excluding hydrogens is 238 g/mol. The monoisotopic (exact) mass is 263 g/mol. The molecule has 106 valence electrons. The molecule has 0 aliphatic rings. The molecule has 0 N–H and O–H groups in total. The second-order valence-corrected chi connectivity index (χ2v) is 5.42. The Hall–Kier alpha value is -1.35. The van der Waals surface area contributed by atoms with E-state index < -0.39 is 0 Å². The predicted octanol–water partition coefficient (Wildman–Crippen LogP) is 3.23. The lowest BCUT2D eigenvalue weighted by molar-refractivity contribution is -0.117. The van der Waals surface area contributed by atoms with Crippen LogP contribution >= 0.6 is 0 Å². The lowest BCUT2D eigenvalue weighted by Gasteiger charge is -2.19. The van der Waals surface area contributed by atoms with Crippen molar-refractivity contribution >= 4 is 5.78 Å². The van der Waals surface area contributed by atoms with Crippen molar-refractivity contribution in [1.29, 1.82) is 0 Å². The van der Waals surface area contributed by atoms with Gasteiger partial charge in [0.2, 0.25) is 0 Å². The van der Waals surface area contributed by atoms with Gasteiger partial charge in [0, 0.05) is 25.1 Å². The molecule has 0 spiro atoms. The number of methoxy groups -OCH3 is 1. The average Bonchev–Trinajstić information content (AvgIpc) is 2.36. The molecule has 0 saturated heterocycles. The second-order valence-electron chi connectivity index (χ2n) is 5.42. The van der Waals surface area contributed by atoms with Crippen LogP contribution in [0.4, 0.5) is 0 Å². The summed E-state index contributed by atoms with van der Waals surface area (Å²) in [6.07, 6.45) is 0.600. The third-order valence-electron chi connectivity index (χ3n) is 3.26. The highest BCUT2D eigenvalue weighted by Gasteiger charge is 2.09. The molecule has 19 heavy (non-hydrogen) atoms. The van der Waals surface area contributed by atoms with Gasteiger partial charge in [0.15, 0.2) is 0 Å². The highest BCUT2D eigenvalue weighted by atomic mass is 16.5. The number of hydrogen-bond donors (Lipinski definition) is 0. The molecule has 0 amide bonds. The van der Waals surface area contributed by atoms with Crippen LogP contribution in [-0.4, -0.2) is 31.4 Å². The standard InChI is InChI=1S/C16H25NO2/c1-12(2)14-6-7-15(16(10-14)19-5)11-17(4)9-8-13(3)18/h6-7,10,12H,8-9,11H2,1-5H3. The zero-order valence-electron chi connectivity index (χ0n) is 12.7. The van der Waals surface area contributed by atoms with Crippen LogP contribution in [0.15, 0.2) is 18.2 Å². The van der Waals surface area contributed by atoms with E-state index >= 15 is 0 Å². The number of carbonyl (C=O) groups is 1. The highest BCUT2D eigenvalue weighted by Crippen LogP contribution is 2.25. The van der Waals surface area contributed by atoms with Gasteiger partial charge in [0.25, 0.3) is 0 Å². The van der Waals surface area contributed by atoms with E-state index in [-0.39, 0.29) is 5.78 Å². The lowest BCUT2D eigenvalue weighted by atomic mass is 10.0. The Morgan fingerprint density at radius 1 is 1.37 bits per heavy atom. The molecule has 3 nitrogen and oxygen atoms in total. The van der Waals surface area contributed by atoms with Crippen molar-refractivity contribution in [2.75, 3.05) is 20.7 Å². The van der Waals surface area contributed by atoms with E-state index in [9.17, 15) is 4.79 Å². The first-order valence-corrected chi connectivity index (χ1v) is 6.78. The van der Waals surface area contributed by atoms with Gasteiger partial charge in [0.1, 0.15) is 11.5 Å². The maximum Gasteiger partial charge on any atom is 0.131 e.